The van der Waals surface area contributed by atoms with Gasteiger partial charge in [-0.05, 0) is 25.3 Å². The van der Waals surface area contributed by atoms with Crippen molar-refractivity contribution >= 4 is 5.91 Å². The fourth-order valence-electron chi connectivity index (χ4n) is 2.59. The third-order valence-electron chi connectivity index (χ3n) is 3.91. The first-order valence-corrected chi connectivity index (χ1v) is 6.48. The fourth-order valence-corrected chi connectivity index (χ4v) is 2.59. The SMILES string of the molecule is NC1(C(=O)N2CCOc3ccccc3C2)CCC1. The number of fused-ring (bicyclic) bond motifs is 1. The smallest absolute Gasteiger partial charge is 0.243 e. The molecule has 3 rings (SSSR count). The topological polar surface area (TPSA) is 55.6 Å². The van der Waals surface area contributed by atoms with Gasteiger partial charge in [-0.15, -0.1) is 0 Å². The quantitative estimate of drug-likeness (QED) is 0.812. The molecular weight excluding hydrogens is 228 g/mol. The monoisotopic (exact) mass is 246 g/mol. The molecule has 96 valence electrons. The molecule has 0 unspecified atom stereocenters. The van der Waals surface area contributed by atoms with Crippen LogP contribution in [0.4, 0.5) is 0 Å². The van der Waals surface area contributed by atoms with Crippen LogP contribution in [-0.2, 0) is 11.3 Å². The second-order valence-corrected chi connectivity index (χ2v) is 5.19. The summed E-state index contributed by atoms with van der Waals surface area (Å²) in [4.78, 5) is 14.2. The van der Waals surface area contributed by atoms with Gasteiger partial charge in [-0.1, -0.05) is 18.2 Å². The van der Waals surface area contributed by atoms with Crippen molar-refractivity contribution in [1.29, 1.82) is 0 Å². The number of hydrogen-bond donors (Lipinski definition) is 1. The number of amides is 1. The molecule has 0 radical (unpaired) electrons. The zero-order valence-electron chi connectivity index (χ0n) is 10.4. The maximum absolute atomic E-state index is 12.4. The summed E-state index contributed by atoms with van der Waals surface area (Å²) in [5.41, 5.74) is 6.57. The molecule has 18 heavy (non-hydrogen) atoms. The van der Waals surface area contributed by atoms with Gasteiger partial charge in [0.1, 0.15) is 12.4 Å². The van der Waals surface area contributed by atoms with Gasteiger partial charge < -0.3 is 15.4 Å². The average Bonchev–Trinajstić information content (AvgIpc) is 2.57. The average molecular weight is 246 g/mol. The predicted octanol–water partition coefficient (Wildman–Crippen LogP) is 1.29. The van der Waals surface area contributed by atoms with Crippen molar-refractivity contribution in [2.24, 2.45) is 5.73 Å². The molecule has 1 aromatic carbocycles. The van der Waals surface area contributed by atoms with Gasteiger partial charge in [0.2, 0.25) is 5.91 Å². The van der Waals surface area contributed by atoms with Gasteiger partial charge in [0.05, 0.1) is 12.1 Å². The van der Waals surface area contributed by atoms with Crippen LogP contribution in [0, 0.1) is 0 Å². The molecule has 1 aliphatic carbocycles. The number of ether oxygens (including phenoxy) is 1. The van der Waals surface area contributed by atoms with Crippen molar-refractivity contribution in [1.82, 2.24) is 4.90 Å². The first-order chi connectivity index (χ1) is 8.69. The molecule has 1 aromatic rings. The number of rotatable bonds is 1. The number of nitrogens with zero attached hydrogens (tertiary/aromatic N) is 1. The van der Waals surface area contributed by atoms with E-state index >= 15 is 0 Å². The molecule has 0 bridgehead atoms. The fraction of sp³-hybridized carbons (Fsp3) is 0.500. The van der Waals surface area contributed by atoms with E-state index in [4.69, 9.17) is 10.5 Å². The van der Waals surface area contributed by atoms with Gasteiger partial charge >= 0.3 is 0 Å². The van der Waals surface area contributed by atoms with Crippen LogP contribution in [0.5, 0.6) is 5.75 Å². The van der Waals surface area contributed by atoms with E-state index in [1.54, 1.807) is 0 Å². The van der Waals surface area contributed by atoms with Crippen LogP contribution in [0.1, 0.15) is 24.8 Å². The summed E-state index contributed by atoms with van der Waals surface area (Å²) in [6, 6.07) is 7.88. The summed E-state index contributed by atoms with van der Waals surface area (Å²) in [7, 11) is 0. The molecule has 0 saturated heterocycles. The number of nitrogens with two attached hydrogens (primary N) is 1. The van der Waals surface area contributed by atoms with E-state index in [-0.39, 0.29) is 5.91 Å². The van der Waals surface area contributed by atoms with E-state index in [1.165, 1.54) is 0 Å². The third kappa shape index (κ3) is 1.86. The lowest BCUT2D eigenvalue weighted by molar-refractivity contribution is -0.140. The minimum Gasteiger partial charge on any atom is -0.491 e. The molecule has 4 nitrogen and oxygen atoms in total. The van der Waals surface area contributed by atoms with Crippen LogP contribution >= 0.6 is 0 Å². The lowest BCUT2D eigenvalue weighted by Gasteiger charge is -2.40. The summed E-state index contributed by atoms with van der Waals surface area (Å²) < 4.78 is 5.66. The van der Waals surface area contributed by atoms with Crippen molar-refractivity contribution in [3.63, 3.8) is 0 Å². The summed E-state index contributed by atoms with van der Waals surface area (Å²) in [6.07, 6.45) is 2.68. The van der Waals surface area contributed by atoms with Crippen LogP contribution in [-0.4, -0.2) is 29.5 Å². The molecule has 1 fully saturated rings. The van der Waals surface area contributed by atoms with Crippen molar-refractivity contribution in [3.8, 4) is 5.75 Å². The molecule has 2 N–H and O–H groups in total. The Morgan fingerprint density at radius 1 is 1.33 bits per heavy atom. The highest BCUT2D eigenvalue weighted by Crippen LogP contribution is 2.32. The van der Waals surface area contributed by atoms with Gasteiger partial charge in [-0.2, -0.15) is 0 Å². The van der Waals surface area contributed by atoms with Crippen LogP contribution in [0.25, 0.3) is 0 Å². The molecule has 0 aromatic heterocycles. The maximum Gasteiger partial charge on any atom is 0.243 e. The third-order valence-corrected chi connectivity index (χ3v) is 3.91. The minimum atomic E-state index is -0.612. The molecule has 0 spiro atoms. The highest BCUT2D eigenvalue weighted by Gasteiger charge is 2.43. The van der Waals surface area contributed by atoms with E-state index in [1.807, 2.05) is 29.2 Å². The molecule has 1 aliphatic heterocycles. The van der Waals surface area contributed by atoms with Crippen LogP contribution in [0.15, 0.2) is 24.3 Å². The van der Waals surface area contributed by atoms with Gasteiger partial charge in [-0.3, -0.25) is 4.79 Å². The summed E-state index contributed by atoms with van der Waals surface area (Å²) >= 11 is 0. The Morgan fingerprint density at radius 2 is 2.11 bits per heavy atom. The Kier molecular flexibility index (Phi) is 2.74. The maximum atomic E-state index is 12.4. The van der Waals surface area contributed by atoms with E-state index in [0.29, 0.717) is 19.7 Å². The molecule has 1 saturated carbocycles. The first-order valence-electron chi connectivity index (χ1n) is 6.48. The molecule has 1 heterocycles. The standard InChI is InChI=1S/C14H18N2O2/c15-14(6-3-7-14)13(17)16-8-9-18-12-5-2-1-4-11(12)10-16/h1-2,4-5H,3,6-10,15H2. The highest BCUT2D eigenvalue weighted by atomic mass is 16.5. The zero-order valence-corrected chi connectivity index (χ0v) is 10.4. The van der Waals surface area contributed by atoms with Gasteiger partial charge in [-0.25, -0.2) is 0 Å². The largest absolute Gasteiger partial charge is 0.491 e. The van der Waals surface area contributed by atoms with E-state index < -0.39 is 5.54 Å². The summed E-state index contributed by atoms with van der Waals surface area (Å²) in [5, 5.41) is 0. The Hall–Kier alpha value is -1.55. The number of para-hydroxylation sites is 1. The second kappa shape index (κ2) is 4.28. The van der Waals surface area contributed by atoms with E-state index in [2.05, 4.69) is 0 Å². The lowest BCUT2D eigenvalue weighted by Crippen LogP contribution is -2.59. The zero-order chi connectivity index (χ0) is 12.6. The van der Waals surface area contributed by atoms with Crippen LogP contribution < -0.4 is 10.5 Å². The Balaban J connectivity index is 1.81. The number of carbonyl (C=O) groups excluding carboxylic acids is 1. The summed E-state index contributed by atoms with van der Waals surface area (Å²) in [6.45, 7) is 1.76. The predicted molar refractivity (Wildman–Crippen MR) is 68.1 cm³/mol. The molecule has 1 amide bonds. The molecule has 4 heteroatoms. The van der Waals surface area contributed by atoms with Crippen LogP contribution in [0.2, 0.25) is 0 Å². The van der Waals surface area contributed by atoms with Gasteiger partial charge in [0.15, 0.2) is 0 Å². The Labute approximate surface area is 107 Å². The Bertz CT molecular complexity index is 469. The minimum absolute atomic E-state index is 0.0778. The number of benzene rings is 1. The van der Waals surface area contributed by atoms with Gasteiger partial charge in [0, 0.05) is 12.1 Å². The molecule has 2 aliphatic rings. The lowest BCUT2D eigenvalue weighted by atomic mass is 9.76. The summed E-state index contributed by atoms with van der Waals surface area (Å²) in [5.74, 6) is 0.960. The van der Waals surface area contributed by atoms with Crippen molar-refractivity contribution in [2.75, 3.05) is 13.2 Å². The van der Waals surface area contributed by atoms with Gasteiger partial charge in [0.25, 0.3) is 0 Å². The van der Waals surface area contributed by atoms with Crippen molar-refractivity contribution in [3.05, 3.63) is 29.8 Å². The van der Waals surface area contributed by atoms with Crippen molar-refractivity contribution in [2.45, 2.75) is 31.3 Å². The van der Waals surface area contributed by atoms with E-state index in [0.717, 1.165) is 30.6 Å². The normalized spacial score (nSPS) is 21.3. The first kappa shape index (κ1) is 11.5. The van der Waals surface area contributed by atoms with Crippen molar-refractivity contribution < 1.29 is 9.53 Å². The van der Waals surface area contributed by atoms with Crippen LogP contribution in [0.3, 0.4) is 0 Å². The second-order valence-electron chi connectivity index (χ2n) is 5.19. The molecular formula is C14H18N2O2. The Morgan fingerprint density at radius 3 is 2.83 bits per heavy atom. The highest BCUT2D eigenvalue weighted by molar-refractivity contribution is 5.87. The molecule has 0 atom stereocenters. The van der Waals surface area contributed by atoms with E-state index in [9.17, 15) is 4.79 Å². The number of carbonyl (C=O) groups is 1. The number of hydrogen-bond acceptors (Lipinski definition) is 3.